The second kappa shape index (κ2) is 4.68. The normalized spacial score (nSPS) is 11.1. The third kappa shape index (κ3) is 2.11. The number of fused-ring (bicyclic) bond motifs is 1. The van der Waals surface area contributed by atoms with Gasteiger partial charge in [0, 0.05) is 24.0 Å². The van der Waals surface area contributed by atoms with Gasteiger partial charge in [-0.2, -0.15) is 0 Å². The second-order valence-electron chi connectivity index (χ2n) is 4.52. The molecule has 3 aromatic rings. The summed E-state index contributed by atoms with van der Waals surface area (Å²) in [6.07, 6.45) is 1.89. The van der Waals surface area contributed by atoms with Crippen LogP contribution in [0, 0.1) is 6.92 Å². The summed E-state index contributed by atoms with van der Waals surface area (Å²) in [7, 11) is 0. The van der Waals surface area contributed by atoms with Crippen molar-refractivity contribution in [3.8, 4) is 11.3 Å². The highest BCUT2D eigenvalue weighted by atomic mass is 35.5. The van der Waals surface area contributed by atoms with Gasteiger partial charge in [-0.3, -0.25) is 0 Å². The topological polar surface area (TPSA) is 43.3 Å². The molecule has 0 saturated carbocycles. The van der Waals surface area contributed by atoms with Crippen LogP contribution in [-0.2, 0) is 6.54 Å². The van der Waals surface area contributed by atoms with E-state index in [2.05, 4.69) is 17.1 Å². The third-order valence-corrected chi connectivity index (χ3v) is 3.51. The molecule has 4 heteroatoms. The van der Waals surface area contributed by atoms with Crippen molar-refractivity contribution in [2.45, 2.75) is 13.5 Å². The molecule has 0 bridgehead atoms. The van der Waals surface area contributed by atoms with Crippen LogP contribution in [0.25, 0.3) is 16.9 Å². The Kier molecular flexibility index (Phi) is 3.01. The molecule has 2 N–H and O–H groups in total. The molecular formula is C15H14ClN3. The van der Waals surface area contributed by atoms with E-state index in [0.717, 1.165) is 28.2 Å². The average Bonchev–Trinajstić information content (AvgIpc) is 2.76. The predicted molar refractivity (Wildman–Crippen MR) is 78.3 cm³/mol. The molecule has 2 heterocycles. The molecule has 0 aliphatic carbocycles. The lowest BCUT2D eigenvalue weighted by molar-refractivity contribution is 1.07. The van der Waals surface area contributed by atoms with E-state index >= 15 is 0 Å². The highest BCUT2D eigenvalue weighted by molar-refractivity contribution is 6.30. The van der Waals surface area contributed by atoms with Crippen molar-refractivity contribution >= 4 is 17.2 Å². The van der Waals surface area contributed by atoms with Crippen molar-refractivity contribution in [3.63, 3.8) is 0 Å². The number of hydrogen-bond donors (Lipinski definition) is 1. The minimum Gasteiger partial charge on any atom is -0.326 e. The first-order chi connectivity index (χ1) is 9.19. The van der Waals surface area contributed by atoms with E-state index in [1.165, 1.54) is 0 Å². The molecule has 0 radical (unpaired) electrons. The van der Waals surface area contributed by atoms with Gasteiger partial charge in [-0.15, -0.1) is 0 Å². The summed E-state index contributed by atoms with van der Waals surface area (Å²) in [5.74, 6) is 0. The Labute approximate surface area is 116 Å². The van der Waals surface area contributed by atoms with Crippen LogP contribution in [0.5, 0.6) is 0 Å². The van der Waals surface area contributed by atoms with E-state index in [1.807, 2.05) is 41.8 Å². The number of aromatic nitrogens is 2. The SMILES string of the molecule is Cc1c(-c2ccc(CN)cc2)nc2ccc(Cl)cn12. The fourth-order valence-corrected chi connectivity index (χ4v) is 2.37. The van der Waals surface area contributed by atoms with Crippen LogP contribution in [0.15, 0.2) is 42.6 Å². The molecule has 0 aliphatic rings. The Balaban J connectivity index is 2.16. The summed E-state index contributed by atoms with van der Waals surface area (Å²) in [5.41, 5.74) is 10.8. The van der Waals surface area contributed by atoms with Crippen LogP contribution in [-0.4, -0.2) is 9.38 Å². The number of halogens is 1. The zero-order valence-corrected chi connectivity index (χ0v) is 11.4. The van der Waals surface area contributed by atoms with Gasteiger partial charge in [0.1, 0.15) is 5.65 Å². The minimum atomic E-state index is 0.556. The zero-order chi connectivity index (χ0) is 13.4. The molecule has 0 fully saturated rings. The largest absolute Gasteiger partial charge is 0.326 e. The Hall–Kier alpha value is -1.84. The molecule has 0 atom stereocenters. The molecule has 0 unspecified atom stereocenters. The molecule has 3 nitrogen and oxygen atoms in total. The maximum Gasteiger partial charge on any atom is 0.137 e. The number of benzene rings is 1. The van der Waals surface area contributed by atoms with Crippen molar-refractivity contribution in [2.24, 2.45) is 5.73 Å². The fraction of sp³-hybridized carbons (Fsp3) is 0.133. The van der Waals surface area contributed by atoms with Gasteiger partial charge in [-0.1, -0.05) is 35.9 Å². The van der Waals surface area contributed by atoms with Crippen molar-refractivity contribution < 1.29 is 0 Å². The van der Waals surface area contributed by atoms with Gasteiger partial charge in [0.05, 0.1) is 10.7 Å². The molecule has 0 saturated heterocycles. The van der Waals surface area contributed by atoms with Crippen LogP contribution in [0.4, 0.5) is 0 Å². The quantitative estimate of drug-likeness (QED) is 0.776. The first-order valence-electron chi connectivity index (χ1n) is 6.12. The molecule has 96 valence electrons. The number of pyridine rings is 1. The summed E-state index contributed by atoms with van der Waals surface area (Å²) in [5, 5.41) is 0.707. The predicted octanol–water partition coefficient (Wildman–Crippen LogP) is 3.42. The number of imidazole rings is 1. The van der Waals surface area contributed by atoms with Gasteiger partial charge < -0.3 is 10.1 Å². The summed E-state index contributed by atoms with van der Waals surface area (Å²) < 4.78 is 2.01. The molecule has 19 heavy (non-hydrogen) atoms. The summed E-state index contributed by atoms with van der Waals surface area (Å²) in [4.78, 5) is 4.65. The smallest absolute Gasteiger partial charge is 0.137 e. The van der Waals surface area contributed by atoms with Gasteiger partial charge in [0.15, 0.2) is 0 Å². The second-order valence-corrected chi connectivity index (χ2v) is 4.96. The Morgan fingerprint density at radius 2 is 1.89 bits per heavy atom. The van der Waals surface area contributed by atoms with E-state index in [4.69, 9.17) is 17.3 Å². The van der Waals surface area contributed by atoms with E-state index in [0.29, 0.717) is 11.6 Å². The standard InChI is InChI=1S/C15H14ClN3/c1-10-15(12-4-2-11(8-17)3-5-12)18-14-7-6-13(16)9-19(10)14/h2-7,9H,8,17H2,1H3. The number of hydrogen-bond acceptors (Lipinski definition) is 2. The first kappa shape index (κ1) is 12.2. The Bertz CT molecular complexity index is 729. The highest BCUT2D eigenvalue weighted by Gasteiger charge is 2.10. The van der Waals surface area contributed by atoms with Crippen LogP contribution in [0.1, 0.15) is 11.3 Å². The number of rotatable bonds is 2. The zero-order valence-electron chi connectivity index (χ0n) is 10.6. The number of nitrogens with two attached hydrogens (primary N) is 1. The molecule has 0 spiro atoms. The lowest BCUT2D eigenvalue weighted by Gasteiger charge is -2.01. The molecular weight excluding hydrogens is 258 g/mol. The van der Waals surface area contributed by atoms with E-state index in [9.17, 15) is 0 Å². The van der Waals surface area contributed by atoms with Gasteiger partial charge in [-0.05, 0) is 24.6 Å². The monoisotopic (exact) mass is 271 g/mol. The first-order valence-corrected chi connectivity index (χ1v) is 6.50. The number of nitrogens with zero attached hydrogens (tertiary/aromatic N) is 2. The summed E-state index contributed by atoms with van der Waals surface area (Å²) in [6.45, 7) is 2.60. The van der Waals surface area contributed by atoms with Gasteiger partial charge in [0.25, 0.3) is 0 Å². The van der Waals surface area contributed by atoms with Gasteiger partial charge >= 0.3 is 0 Å². The van der Waals surface area contributed by atoms with E-state index in [1.54, 1.807) is 0 Å². The minimum absolute atomic E-state index is 0.556. The summed E-state index contributed by atoms with van der Waals surface area (Å²) >= 11 is 6.02. The molecule has 0 amide bonds. The van der Waals surface area contributed by atoms with Crippen molar-refractivity contribution in [3.05, 3.63) is 58.9 Å². The maximum atomic E-state index is 6.02. The van der Waals surface area contributed by atoms with Crippen molar-refractivity contribution in [2.75, 3.05) is 0 Å². The van der Waals surface area contributed by atoms with Crippen LogP contribution in [0.2, 0.25) is 5.02 Å². The Morgan fingerprint density at radius 3 is 2.58 bits per heavy atom. The fourth-order valence-electron chi connectivity index (χ4n) is 2.21. The third-order valence-electron chi connectivity index (χ3n) is 3.28. The molecule has 1 aromatic carbocycles. The highest BCUT2D eigenvalue weighted by Crippen LogP contribution is 2.25. The Morgan fingerprint density at radius 1 is 1.16 bits per heavy atom. The van der Waals surface area contributed by atoms with Crippen molar-refractivity contribution in [1.29, 1.82) is 0 Å². The lowest BCUT2D eigenvalue weighted by atomic mass is 10.1. The van der Waals surface area contributed by atoms with Crippen LogP contribution in [0.3, 0.4) is 0 Å². The summed E-state index contributed by atoms with van der Waals surface area (Å²) in [6, 6.07) is 12.0. The maximum absolute atomic E-state index is 6.02. The average molecular weight is 272 g/mol. The van der Waals surface area contributed by atoms with E-state index < -0.39 is 0 Å². The number of aryl methyl sites for hydroxylation is 1. The van der Waals surface area contributed by atoms with Gasteiger partial charge in [-0.25, -0.2) is 4.98 Å². The van der Waals surface area contributed by atoms with E-state index in [-0.39, 0.29) is 0 Å². The molecule has 3 rings (SSSR count). The van der Waals surface area contributed by atoms with Crippen LogP contribution >= 0.6 is 11.6 Å². The van der Waals surface area contributed by atoms with Crippen LogP contribution < -0.4 is 5.73 Å². The van der Waals surface area contributed by atoms with Gasteiger partial charge in [0.2, 0.25) is 0 Å². The van der Waals surface area contributed by atoms with Crippen molar-refractivity contribution in [1.82, 2.24) is 9.38 Å². The molecule has 0 aliphatic heterocycles. The lowest BCUT2D eigenvalue weighted by Crippen LogP contribution is -1.95. The molecule has 2 aromatic heterocycles.